The summed E-state index contributed by atoms with van der Waals surface area (Å²) in [6.45, 7) is 0.264. The summed E-state index contributed by atoms with van der Waals surface area (Å²) in [5.74, 6) is 3.05. The predicted molar refractivity (Wildman–Crippen MR) is 205 cm³/mol. The van der Waals surface area contributed by atoms with Crippen LogP contribution in [0.25, 0.3) is 32.9 Å². The second kappa shape index (κ2) is 16.1. The fraction of sp³-hybridized carbons (Fsp3) is 0.190. The minimum Gasteiger partial charge on any atom is -0.496 e. The van der Waals surface area contributed by atoms with Gasteiger partial charge in [-0.3, -0.25) is 0 Å². The average Bonchev–Trinajstić information content (AvgIpc) is 3.19. The molecule has 0 fully saturated rings. The molecule has 7 rings (SSSR count). The van der Waals surface area contributed by atoms with E-state index in [4.69, 9.17) is 40.0 Å². The molecular weight excluding hydrogens is 692 g/mol. The maximum Gasteiger partial charge on any atom is 0.189 e. The number of methoxy groups -OCH3 is 4. The van der Waals surface area contributed by atoms with Crippen LogP contribution in [0.2, 0.25) is 5.02 Å². The topological polar surface area (TPSA) is 107 Å². The van der Waals surface area contributed by atoms with Crippen molar-refractivity contribution in [3.8, 4) is 39.9 Å². The number of hydrogen-bond donors (Lipinski definition) is 0. The van der Waals surface area contributed by atoms with E-state index in [2.05, 4.69) is 44.2 Å². The van der Waals surface area contributed by atoms with Gasteiger partial charge in [0.2, 0.25) is 0 Å². The van der Waals surface area contributed by atoms with Crippen molar-refractivity contribution in [2.45, 2.75) is 19.4 Å². The van der Waals surface area contributed by atoms with E-state index in [9.17, 15) is 0 Å². The minimum atomic E-state index is -0.0114. The maximum absolute atomic E-state index is 6.22. The van der Waals surface area contributed by atoms with Crippen molar-refractivity contribution in [3.63, 3.8) is 0 Å². The fourth-order valence-electron chi connectivity index (χ4n) is 6.30. The summed E-state index contributed by atoms with van der Waals surface area (Å²) in [7, 11) is 6.48. The van der Waals surface area contributed by atoms with Crippen molar-refractivity contribution in [2.75, 3.05) is 35.2 Å². The first-order valence-electron chi connectivity index (χ1n) is 16.8. The summed E-state index contributed by atoms with van der Waals surface area (Å²) in [4.78, 5) is 18.1. The Labute approximate surface area is 312 Å². The van der Waals surface area contributed by atoms with Crippen LogP contribution in [0.5, 0.6) is 28.7 Å². The third-order valence-corrected chi connectivity index (χ3v) is 9.20. The van der Waals surface area contributed by atoms with Crippen LogP contribution in [0.1, 0.15) is 28.1 Å². The lowest BCUT2D eigenvalue weighted by Crippen LogP contribution is -2.06. The van der Waals surface area contributed by atoms with E-state index in [0.717, 1.165) is 61.0 Å². The summed E-state index contributed by atoms with van der Waals surface area (Å²) < 4.78 is 34.5. The molecule has 0 bridgehead atoms. The van der Waals surface area contributed by atoms with E-state index in [0.29, 0.717) is 46.6 Å². The Bertz CT molecular complexity index is 2410. The van der Waals surface area contributed by atoms with Crippen LogP contribution in [0.15, 0.2) is 104 Å². The van der Waals surface area contributed by atoms with E-state index < -0.39 is 0 Å². The zero-order chi connectivity index (χ0) is 36.7. The zero-order valence-corrected chi connectivity index (χ0v) is 30.5. The summed E-state index contributed by atoms with van der Waals surface area (Å²) in [6, 6.07) is 29.7. The van der Waals surface area contributed by atoms with Crippen molar-refractivity contribution in [3.05, 3.63) is 137 Å². The van der Waals surface area contributed by atoms with Gasteiger partial charge in [-0.15, -0.1) is 0 Å². The van der Waals surface area contributed by atoms with Gasteiger partial charge in [0.05, 0.1) is 57.5 Å². The smallest absolute Gasteiger partial charge is 0.189 e. The molecule has 268 valence electrons. The van der Waals surface area contributed by atoms with Crippen molar-refractivity contribution in [2.24, 2.45) is 0 Å². The Morgan fingerprint density at radius 1 is 0.528 bits per heavy atom. The Morgan fingerprint density at radius 2 is 1.09 bits per heavy atom. The van der Waals surface area contributed by atoms with Gasteiger partial charge in [0.1, 0.15) is 18.4 Å². The number of rotatable bonds is 14. The van der Waals surface area contributed by atoms with Crippen molar-refractivity contribution in [1.82, 2.24) is 19.9 Å². The highest BCUT2D eigenvalue weighted by molar-refractivity contribution is 6.30. The number of ether oxygens (including phenoxy) is 6. The summed E-state index contributed by atoms with van der Waals surface area (Å²) in [6.07, 6.45) is 4.34. The molecule has 0 N–H and O–H groups in total. The van der Waals surface area contributed by atoms with Gasteiger partial charge in [0, 0.05) is 46.3 Å². The number of fused-ring (bicyclic) bond motifs is 2. The number of nitrogens with zero attached hydrogens (tertiary/aromatic N) is 4. The van der Waals surface area contributed by atoms with Crippen LogP contribution < -0.4 is 23.7 Å². The van der Waals surface area contributed by atoms with Gasteiger partial charge in [0.15, 0.2) is 29.8 Å². The van der Waals surface area contributed by atoms with Gasteiger partial charge < -0.3 is 28.4 Å². The Hall–Kier alpha value is -5.97. The van der Waals surface area contributed by atoms with Crippen LogP contribution in [0.4, 0.5) is 0 Å². The molecule has 2 aromatic heterocycles. The molecule has 0 aliphatic rings. The second-order valence-corrected chi connectivity index (χ2v) is 12.6. The minimum absolute atomic E-state index is 0.0114. The largest absolute Gasteiger partial charge is 0.496 e. The Morgan fingerprint density at radius 3 is 1.74 bits per heavy atom. The van der Waals surface area contributed by atoms with Crippen molar-refractivity contribution < 1.29 is 28.4 Å². The predicted octanol–water partition coefficient (Wildman–Crippen LogP) is 8.66. The fourth-order valence-corrected chi connectivity index (χ4v) is 6.52. The monoisotopic (exact) mass is 728 g/mol. The number of hydrogen-bond acceptors (Lipinski definition) is 10. The van der Waals surface area contributed by atoms with Crippen LogP contribution in [-0.2, 0) is 24.2 Å². The molecule has 5 aromatic carbocycles. The van der Waals surface area contributed by atoms with Gasteiger partial charge in [-0.25, -0.2) is 19.9 Å². The van der Waals surface area contributed by atoms with Crippen LogP contribution in [-0.4, -0.2) is 55.2 Å². The molecule has 0 unspecified atom stereocenters. The van der Waals surface area contributed by atoms with E-state index in [1.54, 1.807) is 41.1 Å². The average molecular weight is 729 g/mol. The molecule has 0 aliphatic heterocycles. The molecule has 0 spiro atoms. The van der Waals surface area contributed by atoms with Crippen LogP contribution in [0, 0.1) is 0 Å². The maximum atomic E-state index is 6.22. The molecule has 10 nitrogen and oxygen atoms in total. The van der Waals surface area contributed by atoms with Gasteiger partial charge in [-0.2, -0.15) is 0 Å². The molecule has 0 amide bonds. The summed E-state index contributed by atoms with van der Waals surface area (Å²) >= 11 is 6.22. The first-order chi connectivity index (χ1) is 26.0. The molecule has 0 radical (unpaired) electrons. The van der Waals surface area contributed by atoms with Crippen LogP contribution >= 0.6 is 11.6 Å². The third-order valence-electron chi connectivity index (χ3n) is 8.96. The highest BCUT2D eigenvalue weighted by Crippen LogP contribution is 2.35. The molecule has 53 heavy (non-hydrogen) atoms. The lowest BCUT2D eigenvalue weighted by atomic mass is 9.98. The van der Waals surface area contributed by atoms with Crippen molar-refractivity contribution in [1.29, 1.82) is 0 Å². The third kappa shape index (κ3) is 7.94. The molecule has 11 heteroatoms. The van der Waals surface area contributed by atoms with E-state index in [-0.39, 0.29) is 13.4 Å². The highest BCUT2D eigenvalue weighted by atomic mass is 35.5. The van der Waals surface area contributed by atoms with Gasteiger partial charge in [-0.1, -0.05) is 60.1 Å². The van der Waals surface area contributed by atoms with Gasteiger partial charge in [-0.05, 0) is 52.6 Å². The van der Waals surface area contributed by atoms with E-state index >= 15 is 0 Å². The number of benzene rings is 5. The zero-order valence-electron chi connectivity index (χ0n) is 29.8. The van der Waals surface area contributed by atoms with Gasteiger partial charge in [0.25, 0.3) is 0 Å². The molecule has 0 aliphatic carbocycles. The normalized spacial score (nSPS) is 11.1. The first-order valence-corrected chi connectivity index (χ1v) is 17.2. The first kappa shape index (κ1) is 35.4. The number of halogens is 1. The molecular formula is C42H37ClN4O6. The van der Waals surface area contributed by atoms with E-state index in [1.807, 2.05) is 66.7 Å². The Kier molecular flexibility index (Phi) is 10.8. The molecule has 7 aromatic rings. The second-order valence-electron chi connectivity index (χ2n) is 12.2. The standard InChI is InChI=1S/C42H37ClN4O6/c1-48-38-17-29(28-9-5-7-26(13-28)15-34-32-18-39(49-2)40(50-3)20-36(32)46-23-44-34)11-12-30(38)22-52-25-53-42-19-33-35(16-27-8-6-10-31(43)14-27)45-24-47-37(33)21-41(42)51-4/h5-14,17-21,23-24H,15-16,22,25H2,1-4H3. The summed E-state index contributed by atoms with van der Waals surface area (Å²) in [5, 5.41) is 2.45. The number of aromatic nitrogens is 4. The van der Waals surface area contributed by atoms with Gasteiger partial charge >= 0.3 is 0 Å². The van der Waals surface area contributed by atoms with Crippen molar-refractivity contribution >= 4 is 33.4 Å². The molecule has 0 saturated heterocycles. The molecule has 0 saturated carbocycles. The molecule has 2 heterocycles. The van der Waals surface area contributed by atoms with Crippen LogP contribution in [0.3, 0.4) is 0 Å². The van der Waals surface area contributed by atoms with E-state index in [1.165, 1.54) is 0 Å². The SMILES string of the molecule is COc1cc(-c2cccc(Cc3ncnc4cc(OC)c(OC)cc34)c2)ccc1COCOc1cc2c(Cc3cccc(Cl)c3)ncnc2cc1OC. The lowest BCUT2D eigenvalue weighted by Gasteiger charge is -2.15. The molecule has 0 atom stereocenters. The lowest BCUT2D eigenvalue weighted by molar-refractivity contribution is 0.00318. The quantitative estimate of drug-likeness (QED) is 0.0798. The Balaban J connectivity index is 1.04. The summed E-state index contributed by atoms with van der Waals surface area (Å²) in [5.41, 5.74) is 8.40. The highest BCUT2D eigenvalue weighted by Gasteiger charge is 2.15.